The minimum Gasteiger partial charge on any atom is -0.306 e. The summed E-state index contributed by atoms with van der Waals surface area (Å²) in [6, 6.07) is 19.8. The predicted octanol–water partition coefficient (Wildman–Crippen LogP) is 31.9. The molecule has 0 aliphatic carbocycles. The smallest absolute Gasteiger partial charge is 0.261 e. The molecular weight excluding hydrogens is 1390 g/mol. The third-order valence-corrected chi connectivity index (χ3v) is 32.8. The molecule has 0 fully saturated rings. The van der Waals surface area contributed by atoms with E-state index in [1.54, 1.807) is 16.0 Å². The van der Waals surface area contributed by atoms with Crippen molar-refractivity contribution in [2.24, 2.45) is 11.8 Å². The van der Waals surface area contributed by atoms with E-state index in [9.17, 15) is 0 Å². The van der Waals surface area contributed by atoms with Crippen LogP contribution in [0.2, 0.25) is 0 Å². The lowest BCUT2D eigenvalue weighted by molar-refractivity contribution is -0.124. The van der Waals surface area contributed by atoms with Crippen LogP contribution < -0.4 is 0 Å². The van der Waals surface area contributed by atoms with Crippen molar-refractivity contribution in [1.82, 2.24) is 9.80 Å². The topological polar surface area (TPSA) is 40.6 Å². The van der Waals surface area contributed by atoms with Gasteiger partial charge in [-0.1, -0.05) is 311 Å². The summed E-state index contributed by atoms with van der Waals surface area (Å²) in [5, 5.41) is 0. The Kier molecular flexibility index (Phi) is 35.1. The number of aryl methyl sites for hydroxylation is 4. The lowest BCUT2D eigenvalue weighted by atomic mass is 9.65. The molecule has 105 heavy (non-hydrogen) atoms. The van der Waals surface area contributed by atoms with Crippen LogP contribution in [0.1, 0.15) is 401 Å². The lowest BCUT2D eigenvalue weighted by Crippen LogP contribution is -2.39. The van der Waals surface area contributed by atoms with Crippen LogP contribution >= 0.6 is 68.0 Å². The fourth-order valence-electron chi connectivity index (χ4n) is 16.1. The monoisotopic (exact) mass is 1540 g/mol. The molecule has 2 amide bonds. The van der Waals surface area contributed by atoms with Crippen molar-refractivity contribution in [2.75, 3.05) is 13.1 Å². The Bertz CT molecular complexity index is 3670. The van der Waals surface area contributed by atoms with Crippen molar-refractivity contribution in [3.63, 3.8) is 0 Å². The van der Waals surface area contributed by atoms with E-state index in [-0.39, 0.29) is 33.5 Å². The van der Waals surface area contributed by atoms with Crippen LogP contribution in [0, 0.1) is 11.8 Å². The molecule has 584 valence electrons. The van der Waals surface area contributed by atoms with Crippen LogP contribution in [0.15, 0.2) is 59.7 Å². The fourth-order valence-corrected chi connectivity index (χ4v) is 24.1. The predicted molar refractivity (Wildman–Crippen MR) is 472 cm³/mol. The Labute approximate surface area is 667 Å². The molecule has 8 heterocycles. The van der Waals surface area contributed by atoms with Crippen LogP contribution in [-0.2, 0) is 56.9 Å². The van der Waals surface area contributed by atoms with Crippen molar-refractivity contribution in [3.05, 3.63) is 111 Å². The van der Waals surface area contributed by atoms with Crippen molar-refractivity contribution < 1.29 is 9.59 Å². The largest absolute Gasteiger partial charge is 0.306 e. The number of rotatable bonds is 51. The quantitative estimate of drug-likeness (QED) is 0.0357. The molecule has 4 nitrogen and oxygen atoms in total. The Balaban J connectivity index is 1.23. The maximum Gasteiger partial charge on any atom is 0.261 e. The summed E-state index contributed by atoms with van der Waals surface area (Å²) in [5.74, 6) is 0.712. The van der Waals surface area contributed by atoms with E-state index in [0.29, 0.717) is 36.1 Å². The lowest BCUT2D eigenvalue weighted by Gasteiger charge is -2.41. The Morgan fingerprint density at radius 2 is 0.667 bits per heavy atom. The van der Waals surface area contributed by atoms with Gasteiger partial charge in [-0.15, -0.1) is 68.0 Å². The molecule has 0 aromatic carbocycles. The van der Waals surface area contributed by atoms with Gasteiger partial charge in [0.15, 0.2) is 0 Å². The van der Waals surface area contributed by atoms with Crippen LogP contribution in [0.3, 0.4) is 0 Å². The fraction of sp³-hybridized carbons (Fsp3) is 0.684. The molecule has 0 spiro atoms. The highest BCUT2D eigenvalue weighted by Gasteiger charge is 2.51. The first-order valence-electron chi connectivity index (χ1n) is 43.3. The van der Waals surface area contributed by atoms with E-state index in [2.05, 4.69) is 206 Å². The number of amides is 2. The van der Waals surface area contributed by atoms with Crippen molar-refractivity contribution in [3.8, 4) is 29.3 Å². The molecule has 0 saturated heterocycles. The molecule has 2 unspecified atom stereocenters. The number of carbonyl (C=O) groups excluding carboxylic acids is 2. The Morgan fingerprint density at radius 1 is 0.314 bits per heavy atom. The summed E-state index contributed by atoms with van der Waals surface area (Å²) in [4.78, 5) is 53.7. The second-order valence-electron chi connectivity index (χ2n) is 35.2. The average Bonchev–Trinajstić information content (AvgIpc) is 1.55. The van der Waals surface area contributed by atoms with Crippen molar-refractivity contribution >= 4 is 91.2 Å². The Morgan fingerprint density at radius 3 is 1.11 bits per heavy atom. The SMILES string of the molecule is CCCCCCCCCCCCc1cc(C(C)(C)C)sc1-c1sc(-c2ccc(C(C)(C)C(C)(C)c3sc(C4=C5C(=O)N(CC(CC)CCCC)C(c6cc(CCCCCC)c(-c7ccc(C(C)(C)C)s7)s6)=C5C(=O)N4CC(CC)CCCC)cc3CCCCCC)s2)cc1CCCCCCCCCCC. The molecule has 0 saturated carbocycles. The van der Waals surface area contributed by atoms with E-state index in [1.165, 1.54) is 222 Å². The zero-order chi connectivity index (χ0) is 75.9. The summed E-state index contributed by atoms with van der Waals surface area (Å²) < 4.78 is 0. The van der Waals surface area contributed by atoms with Gasteiger partial charge < -0.3 is 9.80 Å². The average molecular weight is 1540 g/mol. The summed E-state index contributed by atoms with van der Waals surface area (Å²) in [5.41, 5.74) is 8.57. The van der Waals surface area contributed by atoms with E-state index in [4.69, 9.17) is 0 Å². The number of carbonyl (C=O) groups is 2. The maximum atomic E-state index is 16.5. The number of unbranched alkanes of at least 4 members (excludes halogenated alkanes) is 25. The van der Waals surface area contributed by atoms with Gasteiger partial charge in [0.1, 0.15) is 0 Å². The summed E-state index contributed by atoms with van der Waals surface area (Å²) >= 11 is 11.9. The van der Waals surface area contributed by atoms with E-state index in [0.717, 1.165) is 105 Å². The highest BCUT2D eigenvalue weighted by atomic mass is 32.1. The molecule has 0 radical (unpaired) electrons. The van der Waals surface area contributed by atoms with Crippen molar-refractivity contribution in [1.29, 1.82) is 0 Å². The minimum absolute atomic E-state index is 0.0326. The molecule has 6 aromatic rings. The van der Waals surface area contributed by atoms with Gasteiger partial charge in [-0.25, -0.2) is 0 Å². The number of nitrogens with zero attached hydrogens (tertiary/aromatic N) is 2. The van der Waals surface area contributed by atoms with E-state index in [1.807, 2.05) is 45.3 Å². The number of fused-ring (bicyclic) bond motifs is 1. The van der Waals surface area contributed by atoms with Gasteiger partial charge in [-0.2, -0.15) is 0 Å². The molecule has 2 aliphatic rings. The van der Waals surface area contributed by atoms with E-state index >= 15 is 9.59 Å². The van der Waals surface area contributed by atoms with E-state index < -0.39 is 0 Å². The van der Waals surface area contributed by atoms with Crippen LogP contribution in [0.25, 0.3) is 40.7 Å². The van der Waals surface area contributed by atoms with Gasteiger partial charge in [0.2, 0.25) is 0 Å². The maximum absolute atomic E-state index is 16.5. The van der Waals surface area contributed by atoms with Gasteiger partial charge in [-0.05, 0) is 158 Å². The third kappa shape index (κ3) is 22.9. The Hall–Kier alpha value is -3.38. The number of hydrogen-bond acceptors (Lipinski definition) is 8. The molecule has 6 aromatic heterocycles. The molecule has 2 aliphatic heterocycles. The van der Waals surface area contributed by atoms with Gasteiger partial charge >= 0.3 is 0 Å². The van der Waals surface area contributed by atoms with Crippen LogP contribution in [0.5, 0.6) is 0 Å². The van der Waals surface area contributed by atoms with Crippen LogP contribution in [-0.4, -0.2) is 34.7 Å². The number of thiophene rings is 6. The molecule has 2 atom stereocenters. The molecular formula is C95H146N2O2S6. The standard InChI is InChI=1S/C95H146N2O2S6/c1-19-27-33-37-39-41-43-45-47-51-56-72-65-81(93(12,13)14)105-88(72)87-71(55-50-46-44-42-40-38-34-28-20-2)62-76(102-87)74-58-61-80(100-74)94(15,16)95(17,18)89-73(57-49-36-30-22-4)64-78(104-89)85-83-82(90(98)97(85)67-69(26-8)53-32-24-6)84(96(91(83)99)66-68(25-7)52-31-23-5)77-63-70(54-48-35-29-21-3)86(103-77)75-59-60-79(101-75)92(9,10)11/h58-65,68-69H,19-57,66-67H2,1-18H3. The van der Waals surface area contributed by atoms with Gasteiger partial charge in [0.25, 0.3) is 11.8 Å². The normalized spacial score (nSPS) is 14.6. The summed E-state index contributed by atoms with van der Waals surface area (Å²) in [6.45, 7) is 44.0. The first-order chi connectivity index (χ1) is 50.4. The zero-order valence-corrected chi connectivity index (χ0v) is 74.8. The molecule has 0 bridgehead atoms. The van der Waals surface area contributed by atoms with Gasteiger partial charge in [-0.3, -0.25) is 9.59 Å². The first-order valence-corrected chi connectivity index (χ1v) is 48.2. The molecule has 10 heteroatoms. The summed E-state index contributed by atoms with van der Waals surface area (Å²) in [7, 11) is 0. The second-order valence-corrected chi connectivity index (χ2v) is 41.6. The van der Waals surface area contributed by atoms with Gasteiger partial charge in [0, 0.05) is 72.7 Å². The van der Waals surface area contributed by atoms with Gasteiger partial charge in [0.05, 0.1) is 32.3 Å². The zero-order valence-electron chi connectivity index (χ0n) is 69.9. The number of hydrogen-bond donors (Lipinski definition) is 0. The summed E-state index contributed by atoms with van der Waals surface area (Å²) in [6.07, 6.45) is 48.1. The molecule has 8 rings (SSSR count). The third-order valence-electron chi connectivity index (χ3n) is 23.9. The van der Waals surface area contributed by atoms with Crippen LogP contribution in [0.4, 0.5) is 0 Å². The van der Waals surface area contributed by atoms with Crippen molar-refractivity contribution in [2.45, 2.75) is 397 Å². The minimum atomic E-state index is -0.311. The first kappa shape index (κ1) is 87.2. The molecule has 0 N–H and O–H groups in total. The highest BCUT2D eigenvalue weighted by Crippen LogP contribution is 2.57. The highest BCUT2D eigenvalue weighted by molar-refractivity contribution is 7.27. The second kappa shape index (κ2) is 42.3.